The van der Waals surface area contributed by atoms with Crippen LogP contribution in [-0.2, 0) is 0 Å². The fraction of sp³-hybridized carbons (Fsp3) is 0.300. The predicted octanol–water partition coefficient (Wildman–Crippen LogP) is 1.78. The smallest absolute Gasteiger partial charge is 0.270 e. The number of anilines is 3. The Labute approximate surface area is 169 Å². The molecule has 4 heterocycles. The molecule has 1 aliphatic rings. The van der Waals surface area contributed by atoms with Crippen molar-refractivity contribution in [3.63, 3.8) is 0 Å². The van der Waals surface area contributed by atoms with Crippen molar-refractivity contribution in [3.05, 3.63) is 42.9 Å². The van der Waals surface area contributed by atoms with E-state index in [2.05, 4.69) is 37.1 Å². The second kappa shape index (κ2) is 7.88. The van der Waals surface area contributed by atoms with Gasteiger partial charge in [-0.15, -0.1) is 0 Å². The fourth-order valence-electron chi connectivity index (χ4n) is 3.33. The number of pyridine rings is 1. The van der Waals surface area contributed by atoms with Crippen molar-refractivity contribution in [2.45, 2.75) is 0 Å². The number of hydrogen-bond acceptors (Lipinski definition) is 7. The van der Waals surface area contributed by atoms with Crippen LogP contribution in [0.15, 0.2) is 37.2 Å². The van der Waals surface area contributed by atoms with Gasteiger partial charge in [0.2, 0.25) is 5.95 Å². The number of nitrogens with zero attached hydrogens (tertiary/aromatic N) is 6. The van der Waals surface area contributed by atoms with Gasteiger partial charge in [0.15, 0.2) is 0 Å². The Balaban J connectivity index is 1.58. The first-order valence-electron chi connectivity index (χ1n) is 9.48. The molecule has 0 aliphatic carbocycles. The first-order chi connectivity index (χ1) is 14.1. The van der Waals surface area contributed by atoms with Gasteiger partial charge in [0, 0.05) is 58.1 Å². The van der Waals surface area contributed by atoms with Crippen LogP contribution in [0.2, 0.25) is 0 Å². The zero-order chi connectivity index (χ0) is 20.4. The number of rotatable bonds is 5. The summed E-state index contributed by atoms with van der Waals surface area (Å²) in [5.74, 6) is 0.942. The van der Waals surface area contributed by atoms with E-state index in [1.165, 1.54) is 4.90 Å². The molecule has 150 valence electrons. The largest absolute Gasteiger partial charge is 0.368 e. The maximum atomic E-state index is 12.4. The summed E-state index contributed by atoms with van der Waals surface area (Å²) in [5.41, 5.74) is 2.20. The van der Waals surface area contributed by atoms with E-state index in [0.717, 1.165) is 37.3 Å². The summed E-state index contributed by atoms with van der Waals surface area (Å²) in [7, 11) is 3.42. The van der Waals surface area contributed by atoms with Crippen molar-refractivity contribution in [3.8, 4) is 0 Å². The van der Waals surface area contributed by atoms with Crippen molar-refractivity contribution in [2.75, 3.05) is 50.5 Å². The van der Waals surface area contributed by atoms with Crippen molar-refractivity contribution < 1.29 is 4.79 Å². The summed E-state index contributed by atoms with van der Waals surface area (Å²) in [4.78, 5) is 29.6. The molecular formula is C20H24N8O. The van der Waals surface area contributed by atoms with Crippen LogP contribution in [0.25, 0.3) is 17.2 Å². The molecule has 4 rings (SSSR count). The highest BCUT2D eigenvalue weighted by Crippen LogP contribution is 2.22. The van der Waals surface area contributed by atoms with Crippen LogP contribution in [-0.4, -0.2) is 70.6 Å². The van der Waals surface area contributed by atoms with Gasteiger partial charge in [0.05, 0.1) is 11.9 Å². The molecule has 3 aromatic heterocycles. The molecule has 1 saturated heterocycles. The van der Waals surface area contributed by atoms with E-state index in [-0.39, 0.29) is 5.91 Å². The van der Waals surface area contributed by atoms with Crippen molar-refractivity contribution in [2.24, 2.45) is 0 Å². The maximum absolute atomic E-state index is 12.4. The topological polar surface area (TPSA) is 91.2 Å². The molecule has 2 N–H and O–H groups in total. The summed E-state index contributed by atoms with van der Waals surface area (Å²) in [6.07, 6.45) is 5.12. The molecule has 9 nitrogen and oxygen atoms in total. The van der Waals surface area contributed by atoms with Crippen molar-refractivity contribution in [1.82, 2.24) is 29.7 Å². The zero-order valence-electron chi connectivity index (χ0n) is 16.6. The van der Waals surface area contributed by atoms with Crippen LogP contribution in [0.3, 0.4) is 0 Å². The third-order valence-electron chi connectivity index (χ3n) is 4.85. The van der Waals surface area contributed by atoms with E-state index < -0.39 is 0 Å². The summed E-state index contributed by atoms with van der Waals surface area (Å²) in [6.45, 7) is 7.72. The molecule has 0 unspecified atom stereocenters. The number of hydrogen-bond donors (Lipinski definition) is 2. The quantitative estimate of drug-likeness (QED) is 0.684. The number of aromatic nitrogens is 4. The second-order valence-electron chi connectivity index (χ2n) is 7.02. The Bertz CT molecular complexity index is 1030. The van der Waals surface area contributed by atoms with Gasteiger partial charge < -0.3 is 20.4 Å². The Morgan fingerprint density at radius 2 is 2.03 bits per heavy atom. The molecule has 1 aliphatic heterocycles. The minimum atomic E-state index is -0.123. The molecule has 0 atom stereocenters. The van der Waals surface area contributed by atoms with Crippen LogP contribution in [0, 0.1) is 0 Å². The SMILES string of the molecule is C=Cn1c(C(=O)N(C)C)cc2cnc(Nc3ccc(N4CCNCC4)cn3)nc21. The summed E-state index contributed by atoms with van der Waals surface area (Å²) < 4.78 is 1.67. The molecular weight excluding hydrogens is 368 g/mol. The molecule has 0 saturated carbocycles. The van der Waals surface area contributed by atoms with Gasteiger partial charge in [-0.2, -0.15) is 4.98 Å². The Hall–Kier alpha value is -3.46. The third kappa shape index (κ3) is 3.77. The average molecular weight is 392 g/mol. The second-order valence-corrected chi connectivity index (χ2v) is 7.02. The summed E-state index contributed by atoms with van der Waals surface area (Å²) >= 11 is 0. The van der Waals surface area contributed by atoms with Gasteiger partial charge in [-0.25, -0.2) is 9.97 Å². The fourth-order valence-corrected chi connectivity index (χ4v) is 3.33. The van der Waals surface area contributed by atoms with E-state index in [1.54, 1.807) is 37.1 Å². The molecule has 1 amide bonds. The van der Waals surface area contributed by atoms with Gasteiger partial charge in [-0.05, 0) is 18.2 Å². The highest BCUT2D eigenvalue weighted by atomic mass is 16.2. The normalized spacial score (nSPS) is 14.1. The molecule has 0 aromatic carbocycles. The van der Waals surface area contributed by atoms with Crippen LogP contribution < -0.4 is 15.5 Å². The van der Waals surface area contributed by atoms with Crippen molar-refractivity contribution >= 4 is 40.6 Å². The van der Waals surface area contributed by atoms with Gasteiger partial charge in [0.1, 0.15) is 17.2 Å². The minimum absolute atomic E-state index is 0.123. The van der Waals surface area contributed by atoms with Gasteiger partial charge in [-0.3, -0.25) is 9.36 Å². The van der Waals surface area contributed by atoms with E-state index in [1.807, 2.05) is 18.3 Å². The Kier molecular flexibility index (Phi) is 5.13. The number of piperazine rings is 1. The van der Waals surface area contributed by atoms with Crippen molar-refractivity contribution in [1.29, 1.82) is 0 Å². The number of fused-ring (bicyclic) bond motifs is 1. The van der Waals surface area contributed by atoms with Gasteiger partial charge in [0.25, 0.3) is 5.91 Å². The van der Waals surface area contributed by atoms with E-state index in [9.17, 15) is 4.79 Å². The van der Waals surface area contributed by atoms with Crippen LogP contribution >= 0.6 is 0 Å². The highest BCUT2D eigenvalue weighted by molar-refractivity contribution is 5.98. The summed E-state index contributed by atoms with van der Waals surface area (Å²) in [5, 5.41) is 7.24. The van der Waals surface area contributed by atoms with E-state index >= 15 is 0 Å². The molecule has 3 aromatic rings. The lowest BCUT2D eigenvalue weighted by atomic mass is 10.3. The molecule has 9 heteroatoms. The Morgan fingerprint density at radius 1 is 1.24 bits per heavy atom. The van der Waals surface area contributed by atoms with E-state index in [4.69, 9.17) is 0 Å². The summed E-state index contributed by atoms with van der Waals surface area (Å²) in [6, 6.07) is 5.72. The van der Waals surface area contributed by atoms with E-state index in [0.29, 0.717) is 23.1 Å². The lowest BCUT2D eigenvalue weighted by molar-refractivity contribution is 0.0821. The molecule has 1 fully saturated rings. The monoisotopic (exact) mass is 392 g/mol. The van der Waals surface area contributed by atoms with Crippen LogP contribution in [0.1, 0.15) is 10.5 Å². The first kappa shape index (κ1) is 18.9. The van der Waals surface area contributed by atoms with Gasteiger partial charge >= 0.3 is 0 Å². The predicted molar refractivity (Wildman–Crippen MR) is 115 cm³/mol. The van der Waals surface area contributed by atoms with Gasteiger partial charge in [-0.1, -0.05) is 6.58 Å². The molecule has 0 spiro atoms. The molecule has 0 radical (unpaired) electrons. The zero-order valence-corrected chi connectivity index (χ0v) is 16.6. The van der Waals surface area contributed by atoms with Crippen LogP contribution in [0.5, 0.6) is 0 Å². The maximum Gasteiger partial charge on any atom is 0.270 e. The average Bonchev–Trinajstić information content (AvgIpc) is 3.12. The number of amides is 1. The number of nitrogens with one attached hydrogen (secondary N) is 2. The molecule has 0 bridgehead atoms. The highest BCUT2D eigenvalue weighted by Gasteiger charge is 2.17. The number of carbonyl (C=O) groups is 1. The lowest BCUT2D eigenvalue weighted by Crippen LogP contribution is -2.43. The lowest BCUT2D eigenvalue weighted by Gasteiger charge is -2.29. The number of carbonyl (C=O) groups excluding carboxylic acids is 1. The van der Waals surface area contributed by atoms with Crippen LogP contribution in [0.4, 0.5) is 17.5 Å². The third-order valence-corrected chi connectivity index (χ3v) is 4.85. The minimum Gasteiger partial charge on any atom is -0.368 e. The Morgan fingerprint density at radius 3 is 2.69 bits per heavy atom. The molecule has 29 heavy (non-hydrogen) atoms. The first-order valence-corrected chi connectivity index (χ1v) is 9.48. The standard InChI is InChI=1S/C20H24N8O/c1-4-28-16(19(29)26(2)3)11-14-12-23-20(25-18(14)28)24-17-6-5-15(13-22-17)27-9-7-21-8-10-27/h4-6,11-13,21H,1,7-10H2,2-3H3,(H,22,23,24,25).